The molecule has 1 aliphatic heterocycles. The van der Waals surface area contributed by atoms with Gasteiger partial charge in [-0.05, 0) is 103 Å². The fourth-order valence-corrected chi connectivity index (χ4v) is 10.7. The van der Waals surface area contributed by atoms with E-state index in [1.807, 2.05) is 6.20 Å². The van der Waals surface area contributed by atoms with Crippen LogP contribution in [0.15, 0.2) is 152 Å². The first-order valence-corrected chi connectivity index (χ1v) is 21.2. The fourth-order valence-electron chi connectivity index (χ4n) is 8.31. The van der Waals surface area contributed by atoms with Crippen LogP contribution in [0, 0.1) is 20.8 Å². The summed E-state index contributed by atoms with van der Waals surface area (Å²) in [6.45, 7) is 12.3. The Morgan fingerprint density at radius 3 is 1.94 bits per heavy atom. The molecule has 0 saturated carbocycles. The summed E-state index contributed by atoms with van der Waals surface area (Å²) >= 11 is 0. The smallest absolute Gasteiger partial charge is 0.138 e. The quantitative estimate of drug-likeness (QED) is 0.162. The molecule has 4 nitrogen and oxygen atoms in total. The van der Waals surface area contributed by atoms with Crippen molar-refractivity contribution in [2.24, 2.45) is 0 Å². The molecule has 0 atom stereocenters. The van der Waals surface area contributed by atoms with Gasteiger partial charge in [0, 0.05) is 28.3 Å². The molecule has 0 amide bonds. The molecule has 5 heteroatoms. The third-order valence-corrected chi connectivity index (χ3v) is 14.7. The molecule has 0 saturated heterocycles. The van der Waals surface area contributed by atoms with Gasteiger partial charge >= 0.3 is 0 Å². The van der Waals surface area contributed by atoms with E-state index in [0.29, 0.717) is 0 Å². The third-order valence-electron chi connectivity index (χ3n) is 11.2. The second kappa shape index (κ2) is 12.4. The number of hydrogen-bond donors (Lipinski definition) is 0. The van der Waals surface area contributed by atoms with Crippen LogP contribution in [0.3, 0.4) is 0 Å². The number of nitrogens with zero attached hydrogens (tertiary/aromatic N) is 4. The van der Waals surface area contributed by atoms with Gasteiger partial charge in [-0.25, -0.2) is 4.98 Å². The van der Waals surface area contributed by atoms with Gasteiger partial charge in [0.25, 0.3) is 0 Å². The first-order valence-electron chi connectivity index (χ1n) is 18.2. The van der Waals surface area contributed by atoms with Gasteiger partial charge in [-0.15, -0.1) is 0 Å². The number of aryl methyl sites for hydroxylation is 3. The summed E-state index contributed by atoms with van der Waals surface area (Å²) in [4.78, 5) is 9.89. The molecule has 0 radical (unpaired) electrons. The van der Waals surface area contributed by atoms with Crippen molar-refractivity contribution in [1.82, 2.24) is 9.55 Å². The van der Waals surface area contributed by atoms with Crippen molar-refractivity contribution in [3.63, 3.8) is 0 Å². The predicted octanol–water partition coefficient (Wildman–Crippen LogP) is 10.8. The Morgan fingerprint density at radius 1 is 0.519 bits per heavy atom. The minimum atomic E-state index is -2.16. The molecule has 0 aliphatic carbocycles. The highest BCUT2D eigenvalue weighted by Crippen LogP contribution is 2.44. The van der Waals surface area contributed by atoms with Gasteiger partial charge in [-0.2, -0.15) is 0 Å². The highest BCUT2D eigenvalue weighted by molar-refractivity contribution is 7.00. The number of anilines is 4. The summed E-state index contributed by atoms with van der Waals surface area (Å²) < 4.78 is 2.37. The molecule has 1 aliphatic rings. The molecule has 0 spiro atoms. The van der Waals surface area contributed by atoms with Crippen molar-refractivity contribution in [3.05, 3.63) is 168 Å². The minimum Gasteiger partial charge on any atom is -0.321 e. The average molecular weight is 691 g/mol. The van der Waals surface area contributed by atoms with E-state index >= 15 is 0 Å². The standard InChI is InChI=1S/C47H42N4Si/c1-32-14-6-8-20-41(32)50-31-49(43-22-10-11-23-44(43)50)36-17-13-18-37(29-36)52(4,5)38-24-25-40-39-19-7-9-21-42(39)51(45(40)30-38)46-28-35(26-27-48-46)47-33(2)15-12-16-34(47)3/h6-30H,31H2,1-5H3. The van der Waals surface area contributed by atoms with Gasteiger partial charge in [0.05, 0.1) is 22.4 Å². The van der Waals surface area contributed by atoms with E-state index in [2.05, 4.69) is 194 Å². The van der Waals surface area contributed by atoms with Crippen molar-refractivity contribution < 1.29 is 0 Å². The normalized spacial score (nSPS) is 12.9. The summed E-state index contributed by atoms with van der Waals surface area (Å²) in [7, 11) is -2.16. The van der Waals surface area contributed by atoms with Gasteiger partial charge in [0.2, 0.25) is 0 Å². The van der Waals surface area contributed by atoms with Crippen LogP contribution in [0.5, 0.6) is 0 Å². The Morgan fingerprint density at radius 2 is 1.15 bits per heavy atom. The molecule has 9 rings (SSSR count). The SMILES string of the molecule is Cc1ccccc1N1CN(c2cccc([Si](C)(C)c3ccc4c5ccccc5n(-c5cc(-c6c(C)cccc6C)ccn5)c4c3)c2)c2ccccc21. The molecular weight excluding hydrogens is 649 g/mol. The van der Waals surface area contributed by atoms with Gasteiger partial charge < -0.3 is 9.80 Å². The first-order chi connectivity index (χ1) is 25.3. The summed E-state index contributed by atoms with van der Waals surface area (Å²) in [5, 5.41) is 5.31. The zero-order chi connectivity index (χ0) is 35.6. The molecule has 6 aromatic carbocycles. The minimum absolute atomic E-state index is 0.774. The first kappa shape index (κ1) is 32.0. The number of para-hydroxylation sites is 4. The maximum Gasteiger partial charge on any atom is 0.138 e. The number of hydrogen-bond acceptors (Lipinski definition) is 3. The Balaban J connectivity index is 1.14. The van der Waals surface area contributed by atoms with Crippen LogP contribution in [0.4, 0.5) is 22.7 Å². The van der Waals surface area contributed by atoms with Gasteiger partial charge in [0.1, 0.15) is 20.6 Å². The Bertz CT molecular complexity index is 2630. The molecule has 3 heterocycles. The van der Waals surface area contributed by atoms with Crippen molar-refractivity contribution in [2.45, 2.75) is 33.9 Å². The lowest BCUT2D eigenvalue weighted by atomic mass is 9.96. The summed E-state index contributed by atoms with van der Waals surface area (Å²) in [5.41, 5.74) is 13.6. The van der Waals surface area contributed by atoms with Crippen LogP contribution in [0.25, 0.3) is 38.8 Å². The molecular formula is C47H42N4Si. The number of aromatic nitrogens is 2. The monoisotopic (exact) mass is 690 g/mol. The summed E-state index contributed by atoms with van der Waals surface area (Å²) in [6, 6.07) is 53.6. The van der Waals surface area contributed by atoms with E-state index in [1.165, 1.54) is 82.7 Å². The molecule has 254 valence electrons. The number of benzene rings is 6. The number of rotatable bonds is 6. The van der Waals surface area contributed by atoms with Crippen molar-refractivity contribution in [1.29, 1.82) is 0 Å². The maximum absolute atomic E-state index is 4.99. The van der Waals surface area contributed by atoms with Gasteiger partial charge in [-0.3, -0.25) is 4.57 Å². The molecule has 0 unspecified atom stereocenters. The van der Waals surface area contributed by atoms with E-state index in [4.69, 9.17) is 4.98 Å². The van der Waals surface area contributed by atoms with Gasteiger partial charge in [0.15, 0.2) is 0 Å². The zero-order valence-corrected chi connectivity index (χ0v) is 31.4. The Kier molecular flexibility index (Phi) is 7.63. The van der Waals surface area contributed by atoms with Crippen LogP contribution in [-0.2, 0) is 0 Å². The van der Waals surface area contributed by atoms with Crippen LogP contribution >= 0.6 is 0 Å². The van der Waals surface area contributed by atoms with E-state index in [1.54, 1.807) is 0 Å². The van der Waals surface area contributed by atoms with Crippen LogP contribution in [-0.4, -0.2) is 24.3 Å². The van der Waals surface area contributed by atoms with E-state index in [9.17, 15) is 0 Å². The lowest BCUT2D eigenvalue weighted by Crippen LogP contribution is -2.53. The fraction of sp³-hybridized carbons (Fsp3) is 0.128. The highest BCUT2D eigenvalue weighted by atomic mass is 28.3. The molecule has 0 N–H and O–H groups in total. The Hall–Kier alpha value is -5.91. The molecule has 0 fully saturated rings. The Labute approximate surface area is 307 Å². The lowest BCUT2D eigenvalue weighted by Gasteiger charge is -2.27. The van der Waals surface area contributed by atoms with Crippen molar-refractivity contribution in [3.8, 4) is 16.9 Å². The second-order valence-electron chi connectivity index (χ2n) is 14.7. The zero-order valence-electron chi connectivity index (χ0n) is 30.4. The maximum atomic E-state index is 4.99. The lowest BCUT2D eigenvalue weighted by molar-refractivity contribution is 0.986. The molecule has 0 bridgehead atoms. The van der Waals surface area contributed by atoms with E-state index in [0.717, 1.165) is 12.5 Å². The summed E-state index contributed by atoms with van der Waals surface area (Å²) in [6.07, 6.45) is 1.96. The third kappa shape index (κ3) is 5.15. The molecule has 52 heavy (non-hydrogen) atoms. The summed E-state index contributed by atoms with van der Waals surface area (Å²) in [5.74, 6) is 0.941. The van der Waals surface area contributed by atoms with E-state index < -0.39 is 8.07 Å². The van der Waals surface area contributed by atoms with Gasteiger partial charge in [-0.1, -0.05) is 114 Å². The van der Waals surface area contributed by atoms with Crippen molar-refractivity contribution in [2.75, 3.05) is 16.5 Å². The largest absolute Gasteiger partial charge is 0.321 e. The number of fused-ring (bicyclic) bond motifs is 4. The molecule has 8 aromatic rings. The predicted molar refractivity (Wildman–Crippen MR) is 223 cm³/mol. The topological polar surface area (TPSA) is 24.3 Å². The second-order valence-corrected chi connectivity index (χ2v) is 19.1. The average Bonchev–Trinajstić information content (AvgIpc) is 3.71. The molecule has 2 aromatic heterocycles. The van der Waals surface area contributed by atoms with Crippen LogP contribution in [0.2, 0.25) is 13.1 Å². The number of pyridine rings is 1. The van der Waals surface area contributed by atoms with Crippen LogP contribution < -0.4 is 20.2 Å². The van der Waals surface area contributed by atoms with Crippen LogP contribution in [0.1, 0.15) is 16.7 Å². The van der Waals surface area contributed by atoms with E-state index in [-0.39, 0.29) is 0 Å². The highest BCUT2D eigenvalue weighted by Gasteiger charge is 2.31. The van der Waals surface area contributed by atoms with Crippen molar-refractivity contribution >= 4 is 63.0 Å².